The van der Waals surface area contributed by atoms with Gasteiger partial charge in [0, 0.05) is 5.56 Å². The summed E-state index contributed by atoms with van der Waals surface area (Å²) >= 11 is 0. The van der Waals surface area contributed by atoms with Crippen LogP contribution in [0.3, 0.4) is 0 Å². The summed E-state index contributed by atoms with van der Waals surface area (Å²) in [5.41, 5.74) is 6.05. The Hall–Kier alpha value is -3.22. The highest BCUT2D eigenvalue weighted by molar-refractivity contribution is 5.96. The third kappa shape index (κ3) is 4.05. The maximum absolute atomic E-state index is 12.1. The zero-order valence-corrected chi connectivity index (χ0v) is 14.6. The molecule has 0 saturated carbocycles. The number of nitrogens with one attached hydrogen (secondary N) is 2. The first-order valence-electron chi connectivity index (χ1n) is 8.25. The van der Waals surface area contributed by atoms with Crippen molar-refractivity contribution in [3.63, 3.8) is 0 Å². The summed E-state index contributed by atoms with van der Waals surface area (Å²) in [6, 6.07) is 12.3. The van der Waals surface area contributed by atoms with Gasteiger partial charge < -0.3 is 14.2 Å². The second kappa shape index (κ2) is 7.77. The van der Waals surface area contributed by atoms with Gasteiger partial charge >= 0.3 is 0 Å². The van der Waals surface area contributed by atoms with E-state index in [2.05, 4.69) is 10.9 Å². The minimum Gasteiger partial charge on any atom is -0.483 e. The standard InChI is InChI=1S/C19H20N2O5/c1-12(2)14-5-3-4-6-15(14)24-10-18(22)20-21-19(23)13-7-8-16-17(9-13)26-11-25-16/h3-9,12H,10-11H2,1-2H3,(H,20,22)(H,21,23). The van der Waals surface area contributed by atoms with Crippen LogP contribution in [0.25, 0.3) is 0 Å². The summed E-state index contributed by atoms with van der Waals surface area (Å²) in [7, 11) is 0. The molecular weight excluding hydrogens is 336 g/mol. The number of carbonyl (C=O) groups excluding carboxylic acids is 2. The summed E-state index contributed by atoms with van der Waals surface area (Å²) in [4.78, 5) is 24.0. The number of ether oxygens (including phenoxy) is 3. The molecule has 7 heteroatoms. The molecule has 0 atom stereocenters. The number of hydrogen-bond donors (Lipinski definition) is 2. The topological polar surface area (TPSA) is 85.9 Å². The third-order valence-corrected chi connectivity index (χ3v) is 3.85. The molecule has 1 aliphatic heterocycles. The molecule has 0 spiro atoms. The first-order chi connectivity index (χ1) is 12.5. The maximum atomic E-state index is 12.1. The van der Waals surface area contributed by atoms with Crippen molar-refractivity contribution in [2.75, 3.05) is 13.4 Å². The van der Waals surface area contributed by atoms with E-state index in [1.54, 1.807) is 18.2 Å². The van der Waals surface area contributed by atoms with Crippen molar-refractivity contribution in [2.45, 2.75) is 19.8 Å². The van der Waals surface area contributed by atoms with Crippen LogP contribution in [0, 0.1) is 0 Å². The van der Waals surface area contributed by atoms with Crippen molar-refractivity contribution in [3.05, 3.63) is 53.6 Å². The van der Waals surface area contributed by atoms with Crippen molar-refractivity contribution in [1.82, 2.24) is 10.9 Å². The number of fused-ring (bicyclic) bond motifs is 1. The number of hydrogen-bond acceptors (Lipinski definition) is 5. The Balaban J connectivity index is 1.51. The van der Waals surface area contributed by atoms with Gasteiger partial charge in [-0.2, -0.15) is 0 Å². The smallest absolute Gasteiger partial charge is 0.276 e. The van der Waals surface area contributed by atoms with Crippen LogP contribution in [-0.2, 0) is 4.79 Å². The van der Waals surface area contributed by atoms with Crippen LogP contribution in [0.1, 0.15) is 35.7 Å². The molecule has 0 saturated heterocycles. The molecule has 0 unspecified atom stereocenters. The lowest BCUT2D eigenvalue weighted by molar-refractivity contribution is -0.123. The Morgan fingerprint density at radius 3 is 2.65 bits per heavy atom. The molecule has 2 amide bonds. The Morgan fingerprint density at radius 2 is 1.85 bits per heavy atom. The van der Waals surface area contributed by atoms with Gasteiger partial charge in [-0.1, -0.05) is 32.0 Å². The highest BCUT2D eigenvalue weighted by atomic mass is 16.7. The van der Waals surface area contributed by atoms with Crippen LogP contribution in [0.5, 0.6) is 17.2 Å². The maximum Gasteiger partial charge on any atom is 0.276 e. The third-order valence-electron chi connectivity index (χ3n) is 3.85. The minimum absolute atomic E-state index is 0.131. The van der Waals surface area contributed by atoms with Crippen LogP contribution in [0.4, 0.5) is 0 Å². The van der Waals surface area contributed by atoms with E-state index < -0.39 is 11.8 Å². The van der Waals surface area contributed by atoms with Gasteiger partial charge in [0.05, 0.1) is 0 Å². The molecule has 0 radical (unpaired) electrons. The van der Waals surface area contributed by atoms with Gasteiger partial charge in [0.15, 0.2) is 18.1 Å². The van der Waals surface area contributed by atoms with Crippen molar-refractivity contribution in [2.24, 2.45) is 0 Å². The average molecular weight is 356 g/mol. The number of carbonyl (C=O) groups is 2. The number of para-hydroxylation sites is 1. The Bertz CT molecular complexity index is 819. The van der Waals surface area contributed by atoms with Gasteiger partial charge in [0.25, 0.3) is 11.8 Å². The van der Waals surface area contributed by atoms with Gasteiger partial charge in [-0.15, -0.1) is 0 Å². The van der Waals surface area contributed by atoms with Crippen LogP contribution < -0.4 is 25.1 Å². The fourth-order valence-corrected chi connectivity index (χ4v) is 2.50. The van der Waals surface area contributed by atoms with Crippen LogP contribution in [-0.4, -0.2) is 25.2 Å². The second-order valence-electron chi connectivity index (χ2n) is 6.05. The summed E-state index contributed by atoms with van der Waals surface area (Å²) in [6.07, 6.45) is 0. The largest absolute Gasteiger partial charge is 0.483 e. The predicted octanol–water partition coefficient (Wildman–Crippen LogP) is 2.38. The van der Waals surface area contributed by atoms with E-state index in [1.165, 1.54) is 0 Å². The Kier molecular flexibility index (Phi) is 5.26. The van der Waals surface area contributed by atoms with E-state index in [4.69, 9.17) is 14.2 Å². The molecule has 2 aromatic rings. The average Bonchev–Trinajstić information content (AvgIpc) is 3.12. The van der Waals surface area contributed by atoms with E-state index in [-0.39, 0.29) is 19.3 Å². The summed E-state index contributed by atoms with van der Waals surface area (Å²) in [5, 5.41) is 0. The molecule has 0 fully saturated rings. The summed E-state index contributed by atoms with van der Waals surface area (Å²) in [6.45, 7) is 4.03. The molecule has 7 nitrogen and oxygen atoms in total. The fraction of sp³-hybridized carbons (Fsp3) is 0.263. The second-order valence-corrected chi connectivity index (χ2v) is 6.05. The van der Waals surface area contributed by atoms with Gasteiger partial charge in [0.1, 0.15) is 5.75 Å². The van der Waals surface area contributed by atoms with Crippen LogP contribution >= 0.6 is 0 Å². The molecule has 2 aromatic carbocycles. The molecule has 0 aliphatic carbocycles. The number of amides is 2. The molecule has 1 aliphatic rings. The van der Waals surface area contributed by atoms with Gasteiger partial charge in [-0.25, -0.2) is 0 Å². The molecular formula is C19H20N2O5. The molecule has 2 N–H and O–H groups in total. The summed E-state index contributed by atoms with van der Waals surface area (Å²) in [5.74, 6) is 1.09. The van der Waals surface area contributed by atoms with Crippen molar-refractivity contribution < 1.29 is 23.8 Å². The summed E-state index contributed by atoms with van der Waals surface area (Å²) < 4.78 is 16.0. The van der Waals surface area contributed by atoms with Gasteiger partial charge in [-0.05, 0) is 35.7 Å². The van der Waals surface area contributed by atoms with Crippen molar-refractivity contribution in [3.8, 4) is 17.2 Å². The lowest BCUT2D eigenvalue weighted by atomic mass is 10.0. The first kappa shape index (κ1) is 17.6. The molecule has 136 valence electrons. The Labute approximate surface area is 151 Å². The highest BCUT2D eigenvalue weighted by Crippen LogP contribution is 2.32. The minimum atomic E-state index is -0.461. The van der Waals surface area contributed by atoms with E-state index in [9.17, 15) is 9.59 Å². The fourth-order valence-electron chi connectivity index (χ4n) is 2.50. The molecule has 3 rings (SSSR count). The van der Waals surface area contributed by atoms with Gasteiger partial charge in [0.2, 0.25) is 6.79 Å². The van der Waals surface area contributed by atoms with E-state index in [1.807, 2.05) is 38.1 Å². The zero-order chi connectivity index (χ0) is 18.5. The van der Waals surface area contributed by atoms with E-state index >= 15 is 0 Å². The quantitative estimate of drug-likeness (QED) is 0.804. The normalized spacial score (nSPS) is 12.0. The lowest BCUT2D eigenvalue weighted by Crippen LogP contribution is -2.43. The van der Waals surface area contributed by atoms with Gasteiger partial charge in [-0.3, -0.25) is 20.4 Å². The number of rotatable bonds is 5. The lowest BCUT2D eigenvalue weighted by Gasteiger charge is -2.14. The van der Waals surface area contributed by atoms with Crippen molar-refractivity contribution in [1.29, 1.82) is 0 Å². The SMILES string of the molecule is CC(C)c1ccccc1OCC(=O)NNC(=O)c1ccc2c(c1)OCO2. The van der Waals surface area contributed by atoms with Crippen molar-refractivity contribution >= 4 is 11.8 Å². The number of hydrazine groups is 1. The molecule has 0 aromatic heterocycles. The molecule has 0 bridgehead atoms. The molecule has 1 heterocycles. The monoisotopic (exact) mass is 356 g/mol. The first-order valence-corrected chi connectivity index (χ1v) is 8.25. The van der Waals surface area contributed by atoms with E-state index in [0.29, 0.717) is 22.8 Å². The highest BCUT2D eigenvalue weighted by Gasteiger charge is 2.16. The van der Waals surface area contributed by atoms with Crippen LogP contribution in [0.2, 0.25) is 0 Å². The zero-order valence-electron chi connectivity index (χ0n) is 14.6. The van der Waals surface area contributed by atoms with Crippen LogP contribution in [0.15, 0.2) is 42.5 Å². The predicted molar refractivity (Wildman–Crippen MR) is 94.2 cm³/mol. The van der Waals surface area contributed by atoms with E-state index in [0.717, 1.165) is 5.56 Å². The Morgan fingerprint density at radius 1 is 1.08 bits per heavy atom. The molecule has 26 heavy (non-hydrogen) atoms. The number of benzene rings is 2.